The minimum atomic E-state index is -0.120. The lowest BCUT2D eigenvalue weighted by atomic mass is 10.2. The minimum absolute atomic E-state index is 0.120. The van der Waals surface area contributed by atoms with E-state index in [9.17, 15) is 4.79 Å². The summed E-state index contributed by atoms with van der Waals surface area (Å²) < 4.78 is 15.9. The molecule has 0 radical (unpaired) electrons. The Bertz CT molecular complexity index is 769. The molecule has 0 saturated heterocycles. The van der Waals surface area contributed by atoms with Gasteiger partial charge in [0.05, 0.1) is 21.3 Å². The van der Waals surface area contributed by atoms with Crippen molar-refractivity contribution in [2.45, 2.75) is 6.92 Å². The van der Waals surface area contributed by atoms with Gasteiger partial charge in [-0.1, -0.05) is 0 Å². The molecule has 0 aliphatic rings. The fraction of sp³-hybridized carbons (Fsp3) is 0.222. The van der Waals surface area contributed by atoms with Crippen molar-refractivity contribution in [3.05, 3.63) is 36.4 Å². The Kier molecular flexibility index (Phi) is 6.62. The normalized spacial score (nSPS) is 9.85. The lowest BCUT2D eigenvalue weighted by Gasteiger charge is -2.16. The predicted octanol–water partition coefficient (Wildman–Crippen LogP) is 3.48. The van der Waals surface area contributed by atoms with Gasteiger partial charge in [-0.15, -0.1) is 0 Å². The SMILES string of the molecule is COc1cc(NC(=S)Nc2ccc(NC(C)=O)cc2)cc(OC)c1OC. The van der Waals surface area contributed by atoms with Crippen LogP contribution in [0.4, 0.5) is 17.1 Å². The first-order chi connectivity index (χ1) is 12.5. The fourth-order valence-electron chi connectivity index (χ4n) is 2.29. The zero-order valence-corrected chi connectivity index (χ0v) is 15.8. The first kappa shape index (κ1) is 19.3. The second kappa shape index (κ2) is 8.91. The van der Waals surface area contributed by atoms with E-state index in [1.54, 1.807) is 45.6 Å². The molecule has 0 heterocycles. The molecule has 0 fully saturated rings. The van der Waals surface area contributed by atoms with Gasteiger partial charge in [0.15, 0.2) is 16.6 Å². The van der Waals surface area contributed by atoms with E-state index in [4.69, 9.17) is 26.4 Å². The maximum atomic E-state index is 11.0. The number of hydrogen-bond donors (Lipinski definition) is 3. The number of carbonyl (C=O) groups is 1. The van der Waals surface area contributed by atoms with Gasteiger partial charge in [-0.25, -0.2) is 0 Å². The summed E-state index contributed by atoms with van der Waals surface area (Å²) in [7, 11) is 4.65. The van der Waals surface area contributed by atoms with Gasteiger partial charge in [0.1, 0.15) is 0 Å². The second-order valence-electron chi connectivity index (χ2n) is 5.25. The van der Waals surface area contributed by atoms with Crippen molar-refractivity contribution < 1.29 is 19.0 Å². The van der Waals surface area contributed by atoms with Gasteiger partial charge >= 0.3 is 0 Å². The van der Waals surface area contributed by atoms with E-state index in [1.807, 2.05) is 12.1 Å². The highest BCUT2D eigenvalue weighted by Crippen LogP contribution is 2.39. The van der Waals surface area contributed by atoms with Crippen LogP contribution in [0.2, 0.25) is 0 Å². The Morgan fingerprint density at radius 2 is 1.27 bits per heavy atom. The summed E-state index contributed by atoms with van der Waals surface area (Å²) >= 11 is 5.34. The van der Waals surface area contributed by atoms with Crippen molar-refractivity contribution in [2.75, 3.05) is 37.3 Å². The summed E-state index contributed by atoms with van der Waals surface area (Å²) in [6, 6.07) is 10.7. The Hall–Kier alpha value is -3.00. The summed E-state index contributed by atoms with van der Waals surface area (Å²) in [5.41, 5.74) is 2.18. The number of ether oxygens (including phenoxy) is 3. The average Bonchev–Trinajstić information content (AvgIpc) is 2.61. The van der Waals surface area contributed by atoms with Crippen LogP contribution in [0, 0.1) is 0 Å². The van der Waals surface area contributed by atoms with Crippen LogP contribution < -0.4 is 30.2 Å². The molecule has 2 rings (SSSR count). The lowest BCUT2D eigenvalue weighted by molar-refractivity contribution is -0.114. The van der Waals surface area contributed by atoms with Crippen LogP contribution in [-0.2, 0) is 4.79 Å². The van der Waals surface area contributed by atoms with Gasteiger partial charge in [0.2, 0.25) is 11.7 Å². The number of anilines is 3. The predicted molar refractivity (Wildman–Crippen MR) is 107 cm³/mol. The number of methoxy groups -OCH3 is 3. The monoisotopic (exact) mass is 375 g/mol. The molecule has 0 atom stereocenters. The molecule has 138 valence electrons. The van der Waals surface area contributed by atoms with Gasteiger partial charge in [-0.3, -0.25) is 4.79 Å². The lowest BCUT2D eigenvalue weighted by Crippen LogP contribution is -2.19. The number of hydrogen-bond acceptors (Lipinski definition) is 5. The number of benzene rings is 2. The fourth-order valence-corrected chi connectivity index (χ4v) is 2.52. The summed E-state index contributed by atoms with van der Waals surface area (Å²) in [5.74, 6) is 1.44. The molecule has 0 aliphatic carbocycles. The summed E-state index contributed by atoms with van der Waals surface area (Å²) in [4.78, 5) is 11.0. The largest absolute Gasteiger partial charge is 0.493 e. The zero-order valence-electron chi connectivity index (χ0n) is 15.0. The zero-order chi connectivity index (χ0) is 19.1. The molecule has 1 amide bonds. The second-order valence-corrected chi connectivity index (χ2v) is 5.66. The Morgan fingerprint density at radius 3 is 1.69 bits per heavy atom. The highest BCUT2D eigenvalue weighted by Gasteiger charge is 2.13. The Balaban J connectivity index is 2.08. The quantitative estimate of drug-likeness (QED) is 0.667. The molecule has 26 heavy (non-hydrogen) atoms. The van der Waals surface area contributed by atoms with E-state index < -0.39 is 0 Å². The van der Waals surface area contributed by atoms with Crippen molar-refractivity contribution in [3.63, 3.8) is 0 Å². The van der Waals surface area contributed by atoms with Gasteiger partial charge in [-0.2, -0.15) is 0 Å². The molecule has 2 aromatic rings. The molecule has 0 aliphatic heterocycles. The van der Waals surface area contributed by atoms with Crippen molar-refractivity contribution in [2.24, 2.45) is 0 Å². The Labute approximate surface area is 157 Å². The first-order valence-corrected chi connectivity index (χ1v) is 8.13. The maximum Gasteiger partial charge on any atom is 0.221 e. The topological polar surface area (TPSA) is 80.9 Å². The molecule has 2 aromatic carbocycles. The van der Waals surface area contributed by atoms with Crippen LogP contribution in [0.25, 0.3) is 0 Å². The first-order valence-electron chi connectivity index (χ1n) is 7.72. The van der Waals surface area contributed by atoms with Gasteiger partial charge in [0.25, 0.3) is 0 Å². The molecule has 0 spiro atoms. The summed E-state index contributed by atoms with van der Waals surface area (Å²) in [5, 5.41) is 9.24. The van der Waals surface area contributed by atoms with E-state index in [2.05, 4.69) is 16.0 Å². The number of amides is 1. The van der Waals surface area contributed by atoms with Gasteiger partial charge in [-0.05, 0) is 36.5 Å². The molecular weight excluding hydrogens is 354 g/mol. The van der Waals surface area contributed by atoms with Crippen LogP contribution in [0.3, 0.4) is 0 Å². The van der Waals surface area contributed by atoms with E-state index in [-0.39, 0.29) is 5.91 Å². The van der Waals surface area contributed by atoms with Crippen LogP contribution in [0.15, 0.2) is 36.4 Å². The molecule has 0 saturated carbocycles. The summed E-state index contributed by atoms with van der Waals surface area (Å²) in [6.07, 6.45) is 0. The van der Waals surface area contributed by atoms with E-state index >= 15 is 0 Å². The highest BCUT2D eigenvalue weighted by molar-refractivity contribution is 7.80. The molecule has 0 unspecified atom stereocenters. The summed E-state index contributed by atoms with van der Waals surface area (Å²) in [6.45, 7) is 1.46. The van der Waals surface area contributed by atoms with Crippen molar-refractivity contribution >= 4 is 40.3 Å². The van der Waals surface area contributed by atoms with E-state index in [0.717, 1.165) is 5.69 Å². The smallest absolute Gasteiger partial charge is 0.221 e. The van der Waals surface area contributed by atoms with Crippen LogP contribution in [0.5, 0.6) is 17.2 Å². The number of rotatable bonds is 6. The van der Waals surface area contributed by atoms with Crippen LogP contribution >= 0.6 is 12.2 Å². The van der Waals surface area contributed by atoms with E-state index in [1.165, 1.54) is 6.92 Å². The van der Waals surface area contributed by atoms with Gasteiger partial charge in [0, 0.05) is 36.1 Å². The van der Waals surface area contributed by atoms with Crippen molar-refractivity contribution in [1.29, 1.82) is 0 Å². The van der Waals surface area contributed by atoms with Crippen molar-refractivity contribution in [1.82, 2.24) is 0 Å². The van der Waals surface area contributed by atoms with Crippen LogP contribution in [-0.4, -0.2) is 32.3 Å². The average molecular weight is 375 g/mol. The van der Waals surface area contributed by atoms with E-state index in [0.29, 0.717) is 33.7 Å². The standard InChI is InChI=1S/C18H21N3O4S/c1-11(22)19-12-5-7-13(8-6-12)20-18(26)21-14-9-15(23-2)17(25-4)16(10-14)24-3/h5-10H,1-4H3,(H,19,22)(H2,20,21,26). The van der Waals surface area contributed by atoms with Crippen LogP contribution in [0.1, 0.15) is 6.92 Å². The number of thiocarbonyl (C=S) groups is 1. The highest BCUT2D eigenvalue weighted by atomic mass is 32.1. The number of carbonyl (C=O) groups excluding carboxylic acids is 1. The molecule has 3 N–H and O–H groups in total. The molecular formula is C18H21N3O4S. The maximum absolute atomic E-state index is 11.0. The third kappa shape index (κ3) is 5.00. The molecule has 7 nitrogen and oxygen atoms in total. The number of nitrogens with one attached hydrogen (secondary N) is 3. The minimum Gasteiger partial charge on any atom is -0.493 e. The molecule has 0 bridgehead atoms. The van der Waals surface area contributed by atoms with Gasteiger partial charge < -0.3 is 30.2 Å². The Morgan fingerprint density at radius 1 is 0.808 bits per heavy atom. The van der Waals surface area contributed by atoms with Crippen molar-refractivity contribution in [3.8, 4) is 17.2 Å². The third-order valence-electron chi connectivity index (χ3n) is 3.39. The molecule has 0 aromatic heterocycles. The third-order valence-corrected chi connectivity index (χ3v) is 3.59. The molecule has 8 heteroatoms.